The smallest absolute Gasteiger partial charge is 0.296 e. The van der Waals surface area contributed by atoms with Crippen LogP contribution < -0.4 is 0 Å². The Morgan fingerprint density at radius 2 is 1.77 bits per heavy atom. The van der Waals surface area contributed by atoms with Gasteiger partial charge in [0.15, 0.2) is 5.65 Å². The van der Waals surface area contributed by atoms with E-state index in [0.717, 1.165) is 16.8 Å². The first-order chi connectivity index (χ1) is 14.4. The minimum absolute atomic E-state index is 0.00655. The molecule has 1 atom stereocenters. The maximum absolute atomic E-state index is 13.6. The van der Waals surface area contributed by atoms with Gasteiger partial charge < -0.3 is 0 Å². The molecule has 0 aliphatic carbocycles. The minimum Gasteiger partial charge on any atom is -0.296 e. The molecule has 0 saturated heterocycles. The maximum atomic E-state index is 13.6. The molecule has 31 heavy (non-hydrogen) atoms. The quantitative estimate of drug-likeness (QED) is 0.423. The highest BCUT2D eigenvalue weighted by molar-refractivity contribution is 7.85. The van der Waals surface area contributed by atoms with Crippen molar-refractivity contribution in [2.45, 2.75) is 24.3 Å². The first kappa shape index (κ1) is 21.3. The molecule has 4 rings (SSSR count). The summed E-state index contributed by atoms with van der Waals surface area (Å²) in [5.74, 6) is -0.115. The third-order valence-electron chi connectivity index (χ3n) is 4.64. The van der Waals surface area contributed by atoms with E-state index in [4.69, 9.17) is 0 Å². The monoisotopic (exact) mass is 461 g/mol. The van der Waals surface area contributed by atoms with Crippen LogP contribution in [0.5, 0.6) is 0 Å². The van der Waals surface area contributed by atoms with Gasteiger partial charge in [-0.05, 0) is 18.2 Å². The number of hydrogen-bond acceptors (Lipinski definition) is 4. The Labute approximate surface area is 173 Å². The van der Waals surface area contributed by atoms with Gasteiger partial charge >= 0.3 is 12.4 Å². The summed E-state index contributed by atoms with van der Waals surface area (Å²) in [6.45, 7) is 1.53. The molecular weight excluding hydrogens is 448 g/mol. The molecule has 1 unspecified atom stereocenters. The Kier molecular flexibility index (Phi) is 4.83. The first-order valence-corrected chi connectivity index (χ1v) is 10.1. The first-order valence-electron chi connectivity index (χ1n) is 8.80. The number of alkyl halides is 6. The Morgan fingerprint density at radius 3 is 2.39 bits per heavy atom. The Bertz CT molecular complexity index is 1340. The fraction of sp³-hybridized carbons (Fsp3) is 0.278. The summed E-state index contributed by atoms with van der Waals surface area (Å²) in [5.41, 5.74) is -2.16. The molecule has 0 aliphatic heterocycles. The van der Waals surface area contributed by atoms with Gasteiger partial charge in [0.25, 0.3) is 0 Å². The van der Waals surface area contributed by atoms with Crippen molar-refractivity contribution in [3.8, 4) is 5.95 Å². The molecule has 3 heterocycles. The highest BCUT2D eigenvalue weighted by Crippen LogP contribution is 2.38. The minimum atomic E-state index is -4.73. The molecule has 0 saturated carbocycles. The van der Waals surface area contributed by atoms with Crippen molar-refractivity contribution in [1.82, 2.24) is 24.3 Å². The second kappa shape index (κ2) is 7.04. The zero-order valence-electron chi connectivity index (χ0n) is 15.9. The summed E-state index contributed by atoms with van der Waals surface area (Å²) >= 11 is 0. The summed E-state index contributed by atoms with van der Waals surface area (Å²) in [5, 5.41) is 3.57. The number of aryl methyl sites for hydroxylation is 1. The summed E-state index contributed by atoms with van der Waals surface area (Å²) in [6.07, 6.45) is -8.73. The molecule has 164 valence electrons. The molecule has 0 amide bonds. The van der Waals surface area contributed by atoms with Crippen molar-refractivity contribution in [3.63, 3.8) is 0 Å². The number of halogens is 6. The third-order valence-corrected chi connectivity index (χ3v) is 5.97. The lowest BCUT2D eigenvalue weighted by atomic mass is 10.1. The van der Waals surface area contributed by atoms with Gasteiger partial charge in [-0.25, -0.2) is 9.97 Å². The lowest BCUT2D eigenvalue weighted by Crippen LogP contribution is -2.12. The highest BCUT2D eigenvalue weighted by atomic mass is 32.2. The van der Waals surface area contributed by atoms with Gasteiger partial charge in [-0.3, -0.25) is 8.78 Å². The Hall–Kier alpha value is -2.96. The molecule has 0 radical (unpaired) electrons. The number of hydrogen-bond donors (Lipinski definition) is 0. The van der Waals surface area contributed by atoms with Crippen molar-refractivity contribution in [3.05, 3.63) is 41.6 Å². The maximum Gasteiger partial charge on any atom is 0.417 e. The van der Waals surface area contributed by atoms with E-state index in [2.05, 4.69) is 15.1 Å². The predicted molar refractivity (Wildman–Crippen MR) is 100 cm³/mol. The molecule has 0 spiro atoms. The zero-order valence-corrected chi connectivity index (χ0v) is 16.7. The van der Waals surface area contributed by atoms with Gasteiger partial charge in [-0.2, -0.15) is 36.1 Å². The number of rotatable bonds is 3. The predicted octanol–water partition coefficient (Wildman–Crippen LogP) is 4.47. The second-order valence-corrected chi connectivity index (χ2v) is 8.24. The molecule has 0 bridgehead atoms. The number of nitrogens with zero attached hydrogens (tertiary/aromatic N) is 5. The highest BCUT2D eigenvalue weighted by Gasteiger charge is 2.36. The van der Waals surface area contributed by atoms with E-state index in [-0.39, 0.29) is 38.8 Å². The van der Waals surface area contributed by atoms with Gasteiger partial charge in [-0.15, -0.1) is 0 Å². The van der Waals surface area contributed by atoms with Crippen LogP contribution in [0.15, 0.2) is 35.5 Å². The Morgan fingerprint density at radius 1 is 1.06 bits per heavy atom. The van der Waals surface area contributed by atoms with Crippen LogP contribution in [0.25, 0.3) is 28.0 Å². The summed E-state index contributed by atoms with van der Waals surface area (Å²) in [6, 6.07) is 4.15. The van der Waals surface area contributed by atoms with E-state index >= 15 is 0 Å². The number of pyridine rings is 1. The van der Waals surface area contributed by atoms with Crippen LogP contribution in [-0.2, 0) is 30.2 Å². The van der Waals surface area contributed by atoms with Crippen molar-refractivity contribution in [2.75, 3.05) is 5.75 Å². The number of fused-ring (bicyclic) bond motifs is 2. The van der Waals surface area contributed by atoms with Crippen molar-refractivity contribution >= 4 is 32.9 Å². The van der Waals surface area contributed by atoms with Gasteiger partial charge in [0.05, 0.1) is 27.4 Å². The van der Waals surface area contributed by atoms with Crippen LogP contribution in [0.3, 0.4) is 0 Å². The second-order valence-electron chi connectivity index (χ2n) is 6.58. The summed E-state index contributed by atoms with van der Waals surface area (Å²) in [4.78, 5) is 7.89. The fourth-order valence-corrected chi connectivity index (χ4v) is 4.27. The third kappa shape index (κ3) is 3.46. The van der Waals surface area contributed by atoms with E-state index in [1.54, 1.807) is 0 Å². The van der Waals surface area contributed by atoms with Gasteiger partial charge in [0, 0.05) is 24.4 Å². The van der Waals surface area contributed by atoms with Crippen LogP contribution in [0, 0.1) is 0 Å². The molecule has 0 fully saturated rings. The molecule has 1 aromatic carbocycles. The topological polar surface area (TPSA) is 65.6 Å². The average Bonchev–Trinajstić information content (AvgIpc) is 3.23. The van der Waals surface area contributed by atoms with E-state index in [9.17, 15) is 30.6 Å². The Balaban J connectivity index is 2.05. The largest absolute Gasteiger partial charge is 0.417 e. The molecule has 4 aromatic rings. The van der Waals surface area contributed by atoms with Crippen LogP contribution in [0.2, 0.25) is 0 Å². The lowest BCUT2D eigenvalue weighted by Gasteiger charge is -2.10. The number of aromatic nitrogens is 5. The fourth-order valence-electron chi connectivity index (χ4n) is 3.23. The average molecular weight is 461 g/mol. The SMILES string of the molecule is CCS(=O)c1c2c(C(F)(F)F)cccc2nn1-c1nc2cc(C(F)(F)F)cnc2n1C. The molecule has 6 nitrogen and oxygen atoms in total. The normalized spacial score (nSPS) is 13.9. The molecular formula is C18H13F6N5OS. The van der Waals surface area contributed by atoms with E-state index in [1.807, 2.05) is 0 Å². The van der Waals surface area contributed by atoms with Crippen molar-refractivity contribution in [1.29, 1.82) is 0 Å². The molecule has 0 N–H and O–H groups in total. The van der Waals surface area contributed by atoms with E-state index in [1.165, 1.54) is 30.7 Å². The summed E-state index contributed by atoms with van der Waals surface area (Å²) in [7, 11) is -0.462. The van der Waals surface area contributed by atoms with Crippen LogP contribution in [0.1, 0.15) is 18.1 Å². The summed E-state index contributed by atoms with van der Waals surface area (Å²) < 4.78 is 94.9. The van der Waals surface area contributed by atoms with Crippen LogP contribution in [0.4, 0.5) is 26.3 Å². The molecule has 0 aliphatic rings. The van der Waals surface area contributed by atoms with Gasteiger partial charge in [0.2, 0.25) is 5.95 Å². The van der Waals surface area contributed by atoms with Crippen molar-refractivity contribution in [2.24, 2.45) is 7.05 Å². The van der Waals surface area contributed by atoms with Crippen LogP contribution >= 0.6 is 0 Å². The number of benzene rings is 1. The lowest BCUT2D eigenvalue weighted by molar-refractivity contribution is -0.138. The molecule has 3 aromatic heterocycles. The number of imidazole rings is 1. The standard InChI is InChI=1S/C18H13F6N5OS/c1-3-31(30)15-13-10(18(22,23)24)5-4-6-11(13)27-29(15)16-26-12-7-9(17(19,20)21)8-25-14(12)28(16)2/h4-8H,3H2,1-2H3. The van der Waals surface area contributed by atoms with Crippen LogP contribution in [-0.4, -0.2) is 34.3 Å². The van der Waals surface area contributed by atoms with Crippen molar-refractivity contribution < 1.29 is 30.6 Å². The van der Waals surface area contributed by atoms with E-state index < -0.39 is 34.3 Å². The molecule has 13 heteroatoms. The van der Waals surface area contributed by atoms with E-state index in [0.29, 0.717) is 6.20 Å². The van der Waals surface area contributed by atoms with Gasteiger partial charge in [-0.1, -0.05) is 13.0 Å². The zero-order chi connectivity index (χ0) is 22.7. The van der Waals surface area contributed by atoms with Gasteiger partial charge in [0.1, 0.15) is 10.5 Å².